The molecule has 0 saturated heterocycles. The van der Waals surface area contributed by atoms with Crippen molar-refractivity contribution >= 4 is 17.8 Å². The van der Waals surface area contributed by atoms with Gasteiger partial charge in [-0.05, 0) is 42.8 Å². The lowest BCUT2D eigenvalue weighted by Gasteiger charge is -2.31. The maximum absolute atomic E-state index is 13.4. The number of fused-ring (bicyclic) bond motifs is 1. The first-order chi connectivity index (χ1) is 18.8. The van der Waals surface area contributed by atoms with Crippen LogP contribution in [0, 0.1) is 5.82 Å². The molecule has 39 heavy (non-hydrogen) atoms. The smallest absolute Gasteiger partial charge is 0.359 e. The van der Waals surface area contributed by atoms with Crippen LogP contribution in [0.3, 0.4) is 0 Å². The monoisotopic (exact) mass is 533 g/mol. The van der Waals surface area contributed by atoms with E-state index in [0.717, 1.165) is 11.3 Å². The summed E-state index contributed by atoms with van der Waals surface area (Å²) in [5, 5.41) is 4.56. The van der Waals surface area contributed by atoms with E-state index >= 15 is 0 Å². The minimum atomic E-state index is -0.556. The first-order valence-corrected chi connectivity index (χ1v) is 12.6. The number of rotatable bonds is 8. The summed E-state index contributed by atoms with van der Waals surface area (Å²) in [6, 6.07) is 11.1. The van der Waals surface area contributed by atoms with E-state index in [9.17, 15) is 18.8 Å². The van der Waals surface area contributed by atoms with Crippen LogP contribution >= 0.6 is 0 Å². The van der Waals surface area contributed by atoms with Crippen molar-refractivity contribution < 1.29 is 28.2 Å². The van der Waals surface area contributed by atoms with Gasteiger partial charge in [-0.25, -0.2) is 14.0 Å². The summed E-state index contributed by atoms with van der Waals surface area (Å²) in [5.41, 5.74) is 3.80. The highest BCUT2D eigenvalue weighted by Gasteiger charge is 2.35. The topological polar surface area (TPSA) is 122 Å². The van der Waals surface area contributed by atoms with Crippen molar-refractivity contribution in [3.63, 3.8) is 0 Å². The molecule has 1 aliphatic rings. The normalized spacial score (nSPS) is 14.6. The second kappa shape index (κ2) is 11.0. The lowest BCUT2D eigenvalue weighted by molar-refractivity contribution is 0.0465. The fraction of sp³-hybridized carbons (Fsp3) is 0.286. The Hall–Kier alpha value is -4.67. The molecule has 2 N–H and O–H groups in total. The van der Waals surface area contributed by atoms with Gasteiger partial charge in [0, 0.05) is 41.7 Å². The van der Waals surface area contributed by atoms with Crippen molar-refractivity contribution in [2.24, 2.45) is 0 Å². The molecule has 202 valence electrons. The molecule has 1 amide bonds. The Bertz CT molecular complexity index is 1490. The number of benzene rings is 1. The quantitative estimate of drug-likeness (QED) is 0.330. The highest BCUT2D eigenvalue weighted by atomic mass is 19.1. The molecule has 1 atom stereocenters. The van der Waals surface area contributed by atoms with E-state index in [1.807, 2.05) is 6.92 Å². The molecule has 5 rings (SSSR count). The van der Waals surface area contributed by atoms with Gasteiger partial charge < -0.3 is 24.3 Å². The average Bonchev–Trinajstić information content (AvgIpc) is 3.69. The van der Waals surface area contributed by atoms with Gasteiger partial charge in [-0.3, -0.25) is 9.48 Å². The molecule has 0 radical (unpaired) electrons. The number of hydrogen-bond acceptors (Lipinski definition) is 6. The van der Waals surface area contributed by atoms with E-state index in [1.165, 1.54) is 12.1 Å². The van der Waals surface area contributed by atoms with Crippen molar-refractivity contribution in [1.29, 1.82) is 0 Å². The van der Waals surface area contributed by atoms with Gasteiger partial charge in [0.15, 0.2) is 5.69 Å². The van der Waals surface area contributed by atoms with Gasteiger partial charge in [0.2, 0.25) is 0 Å². The molecule has 0 bridgehead atoms. The van der Waals surface area contributed by atoms with Crippen LogP contribution in [0.4, 0.5) is 4.39 Å². The van der Waals surface area contributed by atoms with E-state index in [2.05, 4.69) is 15.1 Å². The third kappa shape index (κ3) is 5.47. The van der Waals surface area contributed by atoms with Crippen molar-refractivity contribution in [2.75, 3.05) is 13.2 Å². The zero-order chi connectivity index (χ0) is 27.5. The molecule has 1 aliphatic heterocycles. The van der Waals surface area contributed by atoms with Gasteiger partial charge >= 0.3 is 11.9 Å². The molecule has 1 unspecified atom stereocenters. The van der Waals surface area contributed by atoms with Crippen molar-refractivity contribution in [3.05, 3.63) is 100 Å². The van der Waals surface area contributed by atoms with Crippen LogP contribution in [0.25, 0.3) is 0 Å². The summed E-state index contributed by atoms with van der Waals surface area (Å²) in [4.78, 5) is 45.7. The maximum atomic E-state index is 13.4. The molecular formula is C28H28FN5O5. The van der Waals surface area contributed by atoms with Gasteiger partial charge in [-0.2, -0.15) is 5.10 Å². The number of nitrogens with zero attached hydrogens (tertiary/aromatic N) is 3. The van der Waals surface area contributed by atoms with Crippen LogP contribution < -0.4 is 0 Å². The van der Waals surface area contributed by atoms with Crippen LogP contribution in [0.5, 0.6) is 0 Å². The van der Waals surface area contributed by atoms with E-state index in [-0.39, 0.29) is 43.1 Å². The molecule has 4 aromatic rings. The third-order valence-electron chi connectivity index (χ3n) is 6.57. The second-order valence-corrected chi connectivity index (χ2v) is 9.39. The predicted molar refractivity (Wildman–Crippen MR) is 138 cm³/mol. The number of esters is 2. The van der Waals surface area contributed by atoms with Gasteiger partial charge in [-0.15, -0.1) is 0 Å². The van der Waals surface area contributed by atoms with Crippen molar-refractivity contribution in [3.8, 4) is 0 Å². The number of carbonyl (C=O) groups excluding carboxylic acids is 3. The van der Waals surface area contributed by atoms with Crippen LogP contribution in [0.1, 0.15) is 73.6 Å². The average molecular weight is 534 g/mol. The van der Waals surface area contributed by atoms with Crippen molar-refractivity contribution in [1.82, 2.24) is 24.6 Å². The maximum Gasteiger partial charge on any atom is 0.359 e. The molecular weight excluding hydrogens is 505 g/mol. The lowest BCUT2D eigenvalue weighted by atomic mass is 9.95. The summed E-state index contributed by atoms with van der Waals surface area (Å²) in [6.07, 6.45) is 3.26. The zero-order valence-corrected chi connectivity index (χ0v) is 21.6. The van der Waals surface area contributed by atoms with E-state index in [0.29, 0.717) is 35.6 Å². The zero-order valence-electron chi connectivity index (χ0n) is 21.6. The molecule has 3 aromatic heterocycles. The Morgan fingerprint density at radius 1 is 1.05 bits per heavy atom. The Morgan fingerprint density at radius 3 is 2.56 bits per heavy atom. The van der Waals surface area contributed by atoms with E-state index < -0.39 is 11.9 Å². The van der Waals surface area contributed by atoms with Gasteiger partial charge in [0.05, 0.1) is 19.7 Å². The highest BCUT2D eigenvalue weighted by Crippen LogP contribution is 2.32. The number of carbonyl (C=O) groups is 3. The molecule has 1 aromatic carbocycles. The van der Waals surface area contributed by atoms with Crippen LogP contribution in [-0.2, 0) is 29.2 Å². The molecule has 4 heterocycles. The number of hydrogen-bond donors (Lipinski definition) is 2. The van der Waals surface area contributed by atoms with Crippen LogP contribution in [0.2, 0.25) is 0 Å². The number of ether oxygens (including phenoxy) is 2. The van der Waals surface area contributed by atoms with E-state index in [4.69, 9.17) is 9.47 Å². The largest absolute Gasteiger partial charge is 0.461 e. The van der Waals surface area contributed by atoms with Gasteiger partial charge in [0.25, 0.3) is 5.91 Å². The first kappa shape index (κ1) is 26.0. The highest BCUT2D eigenvalue weighted by molar-refractivity contribution is 5.94. The number of H-pyrrole nitrogens is 2. The lowest BCUT2D eigenvalue weighted by Crippen LogP contribution is -2.38. The number of halogens is 1. The van der Waals surface area contributed by atoms with Crippen LogP contribution in [0.15, 0.2) is 54.9 Å². The minimum absolute atomic E-state index is 0.00530. The Labute approximate surface area is 223 Å². The number of nitrogens with one attached hydrogen (secondary N) is 2. The van der Waals surface area contributed by atoms with Gasteiger partial charge in [-0.1, -0.05) is 19.1 Å². The SMILES string of the molecule is CCOC(=O)c1nn(Cc2ccc(F)cc2)c2c1CN(C(=O)c1cc(COC(=O)c3ccc[nH]3)c[nH]1)CC2C. The fourth-order valence-corrected chi connectivity index (χ4v) is 4.79. The Morgan fingerprint density at radius 2 is 1.85 bits per heavy atom. The molecule has 11 heteroatoms. The summed E-state index contributed by atoms with van der Waals surface area (Å²) in [6.45, 7) is 4.81. The van der Waals surface area contributed by atoms with Crippen molar-refractivity contribution in [2.45, 2.75) is 39.5 Å². The van der Waals surface area contributed by atoms with E-state index in [1.54, 1.807) is 59.2 Å². The molecule has 0 aliphatic carbocycles. The first-order valence-electron chi connectivity index (χ1n) is 12.6. The Kier molecular flexibility index (Phi) is 7.31. The van der Waals surface area contributed by atoms with Crippen LogP contribution in [-0.4, -0.2) is 55.6 Å². The summed E-state index contributed by atoms with van der Waals surface area (Å²) < 4.78 is 25.7. The summed E-state index contributed by atoms with van der Waals surface area (Å²) in [7, 11) is 0. The summed E-state index contributed by atoms with van der Waals surface area (Å²) >= 11 is 0. The third-order valence-corrected chi connectivity index (χ3v) is 6.57. The van der Waals surface area contributed by atoms with Gasteiger partial charge in [0.1, 0.15) is 23.8 Å². The number of aromatic amines is 2. The minimum Gasteiger partial charge on any atom is -0.461 e. The molecule has 10 nitrogen and oxygen atoms in total. The molecule has 0 fully saturated rings. The number of amides is 1. The molecule has 0 saturated carbocycles. The number of aromatic nitrogens is 4. The standard InChI is InChI=1S/C28H28FN5O5/c1-3-38-28(37)24-21-15-33(13-17(2)25(21)34(32-24)14-18-6-8-20(29)9-7-18)26(35)23-11-19(12-31-23)16-39-27(36)22-5-4-10-30-22/h4-12,17,30-31H,3,13-16H2,1-2H3. The summed E-state index contributed by atoms with van der Waals surface area (Å²) in [5.74, 6) is -1.77. The Balaban J connectivity index is 1.35. The fourth-order valence-electron chi connectivity index (χ4n) is 4.79. The second-order valence-electron chi connectivity index (χ2n) is 9.39. The predicted octanol–water partition coefficient (Wildman–Crippen LogP) is 4.02. The molecule has 0 spiro atoms.